The van der Waals surface area contributed by atoms with Gasteiger partial charge in [0.2, 0.25) is 5.91 Å². The van der Waals surface area contributed by atoms with Crippen LogP contribution >= 0.6 is 0 Å². The van der Waals surface area contributed by atoms with E-state index in [1.54, 1.807) is 0 Å². The van der Waals surface area contributed by atoms with Crippen molar-refractivity contribution in [2.75, 3.05) is 4.90 Å². The molecule has 4 aliphatic carbocycles. The SMILES string of the molecule is O=C(N(c1ccccc1)c1ccccc1)C12CC3CC(CC(C3)C1)C2. The molecule has 0 aromatic heterocycles. The summed E-state index contributed by atoms with van der Waals surface area (Å²) in [6, 6.07) is 20.4. The Balaban J connectivity index is 1.57. The van der Waals surface area contributed by atoms with E-state index in [-0.39, 0.29) is 5.41 Å². The van der Waals surface area contributed by atoms with Gasteiger partial charge in [0.25, 0.3) is 0 Å². The predicted octanol–water partition coefficient (Wildman–Crippen LogP) is 5.57. The van der Waals surface area contributed by atoms with Crippen molar-refractivity contribution in [2.24, 2.45) is 23.2 Å². The van der Waals surface area contributed by atoms with Gasteiger partial charge < -0.3 is 0 Å². The fraction of sp³-hybridized carbons (Fsp3) is 0.435. The van der Waals surface area contributed by atoms with Crippen molar-refractivity contribution in [3.8, 4) is 0 Å². The van der Waals surface area contributed by atoms with Crippen LogP contribution in [0.1, 0.15) is 38.5 Å². The Morgan fingerprint density at radius 2 is 1.12 bits per heavy atom. The van der Waals surface area contributed by atoms with E-state index in [2.05, 4.69) is 24.3 Å². The van der Waals surface area contributed by atoms with Gasteiger partial charge in [0.05, 0.1) is 5.41 Å². The Labute approximate surface area is 149 Å². The molecule has 0 atom stereocenters. The molecule has 0 N–H and O–H groups in total. The van der Waals surface area contributed by atoms with E-state index >= 15 is 0 Å². The van der Waals surface area contributed by atoms with Crippen molar-refractivity contribution >= 4 is 17.3 Å². The highest BCUT2D eigenvalue weighted by Gasteiger charge is 2.55. The third-order valence-corrected chi connectivity index (χ3v) is 6.72. The van der Waals surface area contributed by atoms with Gasteiger partial charge in [0.1, 0.15) is 0 Å². The van der Waals surface area contributed by atoms with Crippen LogP contribution in [-0.2, 0) is 4.79 Å². The molecule has 2 aromatic rings. The minimum atomic E-state index is -0.125. The molecule has 2 aromatic carbocycles. The number of para-hydroxylation sites is 2. The summed E-state index contributed by atoms with van der Waals surface area (Å²) in [7, 11) is 0. The van der Waals surface area contributed by atoms with E-state index < -0.39 is 0 Å². The highest BCUT2D eigenvalue weighted by atomic mass is 16.2. The largest absolute Gasteiger partial charge is 0.281 e. The first kappa shape index (κ1) is 15.2. The summed E-state index contributed by atoms with van der Waals surface area (Å²) >= 11 is 0. The second-order valence-corrected chi connectivity index (χ2v) is 8.51. The molecule has 0 aliphatic heterocycles. The van der Waals surface area contributed by atoms with Crippen LogP contribution < -0.4 is 4.90 Å². The highest BCUT2D eigenvalue weighted by molar-refractivity contribution is 6.04. The molecule has 0 heterocycles. The molecule has 128 valence electrons. The van der Waals surface area contributed by atoms with Crippen LogP contribution in [0.3, 0.4) is 0 Å². The number of hydrogen-bond donors (Lipinski definition) is 0. The first-order chi connectivity index (χ1) is 12.2. The van der Waals surface area contributed by atoms with Crippen LogP contribution in [0, 0.1) is 23.2 Å². The monoisotopic (exact) mass is 331 g/mol. The lowest BCUT2D eigenvalue weighted by atomic mass is 9.49. The molecule has 2 heteroatoms. The Morgan fingerprint density at radius 1 is 0.720 bits per heavy atom. The first-order valence-corrected chi connectivity index (χ1v) is 9.68. The van der Waals surface area contributed by atoms with E-state index in [9.17, 15) is 4.79 Å². The summed E-state index contributed by atoms with van der Waals surface area (Å²) < 4.78 is 0. The Bertz CT molecular complexity index is 692. The number of rotatable bonds is 3. The maximum Gasteiger partial charge on any atom is 0.237 e. The first-order valence-electron chi connectivity index (χ1n) is 9.68. The summed E-state index contributed by atoms with van der Waals surface area (Å²) in [5.74, 6) is 2.68. The van der Waals surface area contributed by atoms with E-state index in [4.69, 9.17) is 0 Å². The third-order valence-electron chi connectivity index (χ3n) is 6.72. The van der Waals surface area contributed by atoms with Gasteiger partial charge in [-0.15, -0.1) is 0 Å². The fourth-order valence-electron chi connectivity index (χ4n) is 6.15. The van der Waals surface area contributed by atoms with Gasteiger partial charge in [-0.3, -0.25) is 9.69 Å². The Kier molecular flexibility index (Phi) is 3.48. The lowest BCUT2D eigenvalue weighted by Crippen LogP contribution is -2.53. The highest BCUT2D eigenvalue weighted by Crippen LogP contribution is 2.61. The van der Waals surface area contributed by atoms with E-state index in [0.29, 0.717) is 5.91 Å². The zero-order valence-electron chi connectivity index (χ0n) is 14.6. The maximum absolute atomic E-state index is 13.9. The second kappa shape index (κ2) is 5.72. The van der Waals surface area contributed by atoms with Gasteiger partial charge in [-0.25, -0.2) is 0 Å². The molecule has 1 amide bonds. The molecule has 6 rings (SSSR count). The van der Waals surface area contributed by atoms with Crippen molar-refractivity contribution in [2.45, 2.75) is 38.5 Å². The quantitative estimate of drug-likeness (QED) is 0.720. The number of hydrogen-bond acceptors (Lipinski definition) is 1. The molecule has 4 fully saturated rings. The summed E-state index contributed by atoms with van der Waals surface area (Å²) in [5.41, 5.74) is 1.87. The standard InChI is InChI=1S/C23H25NO/c25-22(23-14-17-11-18(15-23)13-19(12-17)16-23)24(20-7-3-1-4-8-20)21-9-5-2-6-10-21/h1-10,17-19H,11-16H2. The number of carbonyl (C=O) groups is 1. The van der Waals surface area contributed by atoms with Gasteiger partial charge in [-0.05, 0) is 80.5 Å². The molecule has 2 nitrogen and oxygen atoms in total. The van der Waals surface area contributed by atoms with Gasteiger partial charge in [-0.2, -0.15) is 0 Å². The number of carbonyl (C=O) groups excluding carboxylic acids is 1. The summed E-state index contributed by atoms with van der Waals surface area (Å²) in [5, 5.41) is 0. The van der Waals surface area contributed by atoms with Gasteiger partial charge >= 0.3 is 0 Å². The average molecular weight is 331 g/mol. The number of benzene rings is 2. The Hall–Kier alpha value is -2.09. The summed E-state index contributed by atoms with van der Waals surface area (Å²) in [4.78, 5) is 15.9. The molecule has 25 heavy (non-hydrogen) atoms. The second-order valence-electron chi connectivity index (χ2n) is 8.51. The molecule has 0 radical (unpaired) electrons. The van der Waals surface area contributed by atoms with E-state index in [0.717, 1.165) is 48.4 Å². The van der Waals surface area contributed by atoms with Crippen LogP contribution in [0.25, 0.3) is 0 Å². The van der Waals surface area contributed by atoms with Crippen LogP contribution in [-0.4, -0.2) is 5.91 Å². The molecule has 0 unspecified atom stereocenters. The zero-order chi connectivity index (χ0) is 16.9. The average Bonchev–Trinajstić information content (AvgIpc) is 2.63. The normalized spacial score (nSPS) is 32.6. The molecule has 4 bridgehead atoms. The molecular formula is C23H25NO. The number of nitrogens with zero attached hydrogens (tertiary/aromatic N) is 1. The molecule has 4 aliphatic rings. The van der Waals surface area contributed by atoms with E-state index in [1.165, 1.54) is 19.3 Å². The van der Waals surface area contributed by atoms with Crippen molar-refractivity contribution in [3.05, 3.63) is 60.7 Å². The smallest absolute Gasteiger partial charge is 0.237 e. The van der Waals surface area contributed by atoms with Crippen LogP contribution in [0.5, 0.6) is 0 Å². The van der Waals surface area contributed by atoms with Crippen LogP contribution in [0.4, 0.5) is 11.4 Å². The van der Waals surface area contributed by atoms with Gasteiger partial charge in [0.15, 0.2) is 0 Å². The van der Waals surface area contributed by atoms with Gasteiger partial charge in [-0.1, -0.05) is 36.4 Å². The predicted molar refractivity (Wildman–Crippen MR) is 101 cm³/mol. The minimum Gasteiger partial charge on any atom is -0.281 e. The lowest BCUT2D eigenvalue weighted by Gasteiger charge is -2.56. The van der Waals surface area contributed by atoms with Crippen LogP contribution in [0.2, 0.25) is 0 Å². The van der Waals surface area contributed by atoms with Crippen molar-refractivity contribution in [1.29, 1.82) is 0 Å². The van der Waals surface area contributed by atoms with Crippen molar-refractivity contribution < 1.29 is 4.79 Å². The summed E-state index contributed by atoms with van der Waals surface area (Å²) in [6.07, 6.45) is 7.41. The summed E-state index contributed by atoms with van der Waals surface area (Å²) in [6.45, 7) is 0. The Morgan fingerprint density at radius 3 is 1.52 bits per heavy atom. The number of anilines is 2. The third kappa shape index (κ3) is 2.50. The zero-order valence-corrected chi connectivity index (χ0v) is 14.6. The fourth-order valence-corrected chi connectivity index (χ4v) is 6.15. The lowest BCUT2D eigenvalue weighted by molar-refractivity contribution is -0.142. The molecular weight excluding hydrogens is 306 g/mol. The van der Waals surface area contributed by atoms with Gasteiger partial charge in [0, 0.05) is 11.4 Å². The number of amides is 1. The van der Waals surface area contributed by atoms with Crippen LogP contribution in [0.15, 0.2) is 60.7 Å². The van der Waals surface area contributed by atoms with E-state index in [1.807, 2.05) is 41.3 Å². The molecule has 4 saturated carbocycles. The molecule has 0 saturated heterocycles. The maximum atomic E-state index is 13.9. The minimum absolute atomic E-state index is 0.125. The van der Waals surface area contributed by atoms with Crippen molar-refractivity contribution in [1.82, 2.24) is 0 Å². The topological polar surface area (TPSA) is 20.3 Å². The van der Waals surface area contributed by atoms with Crippen molar-refractivity contribution in [3.63, 3.8) is 0 Å². The molecule has 0 spiro atoms.